The van der Waals surface area contributed by atoms with Crippen LogP contribution in [0.25, 0.3) is 0 Å². The second kappa shape index (κ2) is 22.4. The van der Waals surface area contributed by atoms with E-state index in [1.54, 1.807) is 30.3 Å². The van der Waals surface area contributed by atoms with E-state index < -0.39 is 0 Å². The molecule has 0 saturated heterocycles. The minimum absolute atomic E-state index is 0.0803. The quantitative estimate of drug-likeness (QED) is 0.0806. The zero-order valence-electron chi connectivity index (χ0n) is 25.5. The summed E-state index contributed by atoms with van der Waals surface area (Å²) in [5, 5.41) is 13.1. The highest BCUT2D eigenvalue weighted by Gasteiger charge is 2.20. The number of aryl methyl sites for hydroxylation is 2. The van der Waals surface area contributed by atoms with Gasteiger partial charge < -0.3 is 21.9 Å². The van der Waals surface area contributed by atoms with Gasteiger partial charge in [0.2, 0.25) is 5.91 Å². The van der Waals surface area contributed by atoms with Gasteiger partial charge in [-0.15, -0.1) is 0 Å². The first-order valence-corrected chi connectivity index (χ1v) is 15.2. The smallest absolute Gasteiger partial charge is 0.220 e. The number of amides is 1. The lowest BCUT2D eigenvalue weighted by molar-refractivity contribution is -0.121. The van der Waals surface area contributed by atoms with Crippen molar-refractivity contribution in [2.45, 2.75) is 63.8 Å². The van der Waals surface area contributed by atoms with Crippen LogP contribution in [0.1, 0.15) is 61.0 Å². The molecule has 230 valence electrons. The molecule has 9 heteroatoms. The maximum Gasteiger partial charge on any atom is 0.220 e. The number of aliphatic hydroxyl groups is 1. The van der Waals surface area contributed by atoms with Gasteiger partial charge in [0.15, 0.2) is 6.29 Å². The number of benzene rings is 2. The Bertz CT molecular complexity index is 1130. The Labute approximate surface area is 256 Å². The average molecular weight is 596 g/mol. The van der Waals surface area contributed by atoms with Crippen LogP contribution in [0, 0.1) is 12.8 Å². The Morgan fingerprint density at radius 3 is 2.36 bits per heavy atom. The summed E-state index contributed by atoms with van der Waals surface area (Å²) in [5.74, 6) is 0.602. The summed E-state index contributed by atoms with van der Waals surface area (Å²) in [6.07, 6.45) is 7.98. The van der Waals surface area contributed by atoms with Gasteiger partial charge in [-0.25, -0.2) is 4.31 Å². The van der Waals surface area contributed by atoms with Crippen LogP contribution in [-0.4, -0.2) is 59.4 Å². The van der Waals surface area contributed by atoms with E-state index >= 15 is 0 Å². The summed E-state index contributed by atoms with van der Waals surface area (Å²) < 4.78 is 2.29. The van der Waals surface area contributed by atoms with Crippen molar-refractivity contribution in [3.8, 4) is 0 Å². The van der Waals surface area contributed by atoms with Crippen LogP contribution in [-0.2, 0) is 11.2 Å². The van der Waals surface area contributed by atoms with E-state index in [0.29, 0.717) is 24.4 Å². The van der Waals surface area contributed by atoms with E-state index in [1.165, 1.54) is 24.4 Å². The number of hydrogen-bond acceptors (Lipinski definition) is 8. The number of nitrogens with zero attached hydrogens (tertiary/aromatic N) is 2. The van der Waals surface area contributed by atoms with E-state index in [9.17, 15) is 14.7 Å². The van der Waals surface area contributed by atoms with Crippen molar-refractivity contribution >= 4 is 29.8 Å². The number of aldehydes is 1. The van der Waals surface area contributed by atoms with Gasteiger partial charge in [-0.05, 0) is 98.6 Å². The third kappa shape index (κ3) is 15.7. The van der Waals surface area contributed by atoms with Crippen LogP contribution in [0.4, 0.5) is 5.69 Å². The van der Waals surface area contributed by atoms with Gasteiger partial charge in [0.1, 0.15) is 0 Å². The van der Waals surface area contributed by atoms with Gasteiger partial charge in [0, 0.05) is 54.1 Å². The molecule has 6 N–H and O–H groups in total. The van der Waals surface area contributed by atoms with Crippen molar-refractivity contribution < 1.29 is 14.7 Å². The normalized spacial score (nSPS) is 11.1. The summed E-state index contributed by atoms with van der Waals surface area (Å²) in [7, 11) is 1.50. The Morgan fingerprint density at radius 1 is 1.07 bits per heavy atom. The van der Waals surface area contributed by atoms with Crippen LogP contribution in [0.2, 0.25) is 0 Å². The van der Waals surface area contributed by atoms with Crippen molar-refractivity contribution in [1.82, 2.24) is 14.6 Å². The van der Waals surface area contributed by atoms with Gasteiger partial charge in [-0.3, -0.25) is 14.6 Å². The number of carbonyl (C=O) groups is 2. The molecule has 0 aliphatic carbocycles. The summed E-state index contributed by atoms with van der Waals surface area (Å²) in [5.41, 5.74) is 14.1. The number of aromatic nitrogens is 1. The number of nitrogens with two attached hydrogens (primary N) is 2. The third-order valence-electron chi connectivity index (χ3n) is 6.26. The summed E-state index contributed by atoms with van der Waals surface area (Å²) in [4.78, 5) is 27.0. The number of nitrogen functional groups attached to an aromatic ring is 1. The number of nitrogens with one attached hydrogen (secondary N) is 1. The number of rotatable bonds is 15. The van der Waals surface area contributed by atoms with Crippen molar-refractivity contribution in [3.63, 3.8) is 0 Å². The van der Waals surface area contributed by atoms with E-state index in [-0.39, 0.29) is 18.6 Å². The van der Waals surface area contributed by atoms with Crippen molar-refractivity contribution in [2.24, 2.45) is 11.7 Å². The van der Waals surface area contributed by atoms with E-state index in [0.717, 1.165) is 49.1 Å². The molecule has 1 amide bonds. The minimum atomic E-state index is 0.0803. The monoisotopic (exact) mass is 595 g/mol. The molecular formula is C33H49N5O3S. The summed E-state index contributed by atoms with van der Waals surface area (Å²) in [6.45, 7) is 8.17. The summed E-state index contributed by atoms with van der Waals surface area (Å²) >= 11 is 1.68. The molecule has 8 nitrogen and oxygen atoms in total. The highest BCUT2D eigenvalue weighted by molar-refractivity contribution is 7.97. The Kier molecular flexibility index (Phi) is 19.6. The maximum absolute atomic E-state index is 12.2. The fourth-order valence-corrected chi connectivity index (χ4v) is 5.24. The molecular weight excluding hydrogens is 546 g/mol. The number of carbonyl (C=O) groups excluding carboxylic acids is 2. The van der Waals surface area contributed by atoms with Gasteiger partial charge in [0.05, 0.1) is 6.61 Å². The SMILES string of the molecule is CN.Cc1ccccc1CCC(=O)NCCCCC(CO)N(CC(C)C)Sc1ccc(N)cc1.O=Cc1cccnc1. The van der Waals surface area contributed by atoms with Crippen LogP contribution in [0.15, 0.2) is 78.0 Å². The maximum atomic E-state index is 12.2. The van der Waals surface area contributed by atoms with Gasteiger partial charge >= 0.3 is 0 Å². The molecule has 0 spiro atoms. The predicted molar refractivity (Wildman–Crippen MR) is 175 cm³/mol. The number of hydrogen-bond donors (Lipinski definition) is 4. The van der Waals surface area contributed by atoms with Crippen molar-refractivity contribution in [2.75, 3.05) is 32.5 Å². The number of unbranched alkanes of at least 4 members (excludes halogenated alkanes) is 1. The van der Waals surface area contributed by atoms with Gasteiger partial charge in [-0.2, -0.15) is 0 Å². The molecule has 3 aromatic rings. The predicted octanol–water partition coefficient (Wildman–Crippen LogP) is 5.29. The summed E-state index contributed by atoms with van der Waals surface area (Å²) in [6, 6.07) is 19.6. The Balaban J connectivity index is 0.000000748. The fourth-order valence-electron chi connectivity index (χ4n) is 4.02. The van der Waals surface area contributed by atoms with Crippen molar-refractivity contribution in [3.05, 3.63) is 89.7 Å². The van der Waals surface area contributed by atoms with Crippen LogP contribution in [0.3, 0.4) is 0 Å². The molecule has 0 bridgehead atoms. The average Bonchev–Trinajstić information content (AvgIpc) is 3.01. The first kappa shape index (κ1) is 36.8. The first-order valence-electron chi connectivity index (χ1n) is 14.5. The Hall–Kier alpha value is -3.24. The van der Waals surface area contributed by atoms with E-state index in [1.807, 2.05) is 36.4 Å². The lowest BCUT2D eigenvalue weighted by atomic mass is 10.0. The zero-order valence-corrected chi connectivity index (χ0v) is 26.4. The van der Waals surface area contributed by atoms with Crippen LogP contribution in [0.5, 0.6) is 0 Å². The van der Waals surface area contributed by atoms with Crippen LogP contribution < -0.4 is 16.8 Å². The Morgan fingerprint density at radius 2 is 1.79 bits per heavy atom. The molecule has 0 saturated carbocycles. The first-order chi connectivity index (χ1) is 20.3. The zero-order chi connectivity index (χ0) is 31.2. The second-order valence-electron chi connectivity index (χ2n) is 10.2. The molecule has 3 rings (SSSR count). The van der Waals surface area contributed by atoms with Crippen LogP contribution >= 0.6 is 11.9 Å². The molecule has 0 fully saturated rings. The lowest BCUT2D eigenvalue weighted by Crippen LogP contribution is -2.35. The number of aliphatic hydroxyl groups excluding tert-OH is 1. The molecule has 42 heavy (non-hydrogen) atoms. The molecule has 1 unspecified atom stereocenters. The second-order valence-corrected chi connectivity index (χ2v) is 11.3. The highest BCUT2D eigenvalue weighted by Crippen LogP contribution is 2.28. The number of anilines is 1. The molecule has 0 radical (unpaired) electrons. The molecule has 1 atom stereocenters. The highest BCUT2D eigenvalue weighted by atomic mass is 32.2. The minimum Gasteiger partial charge on any atom is -0.399 e. The molecule has 0 aliphatic heterocycles. The lowest BCUT2D eigenvalue weighted by Gasteiger charge is -2.31. The van der Waals surface area contributed by atoms with Gasteiger partial charge in [-0.1, -0.05) is 44.5 Å². The van der Waals surface area contributed by atoms with Crippen molar-refractivity contribution in [1.29, 1.82) is 0 Å². The molecule has 2 aromatic carbocycles. The number of pyridine rings is 1. The molecule has 1 heterocycles. The fraction of sp³-hybridized carbons (Fsp3) is 0.424. The standard InChI is InChI=1S/C26H39N3O2S.C6H5NO.CH5N/c1-20(2)18-29(32-25-14-12-23(27)13-15-25)24(19-30)10-6-7-17-28-26(31)16-11-22-9-5-4-8-21(22)3;8-5-6-2-1-3-7-4-6;1-2/h4-5,8-9,12-15,20,24,30H,6-7,10-11,16-19,27H2,1-3H3,(H,28,31);1-5H;2H2,1H3. The molecule has 0 aliphatic rings. The topological polar surface area (TPSA) is 135 Å². The molecule has 1 aromatic heterocycles. The largest absolute Gasteiger partial charge is 0.399 e. The van der Waals surface area contributed by atoms with E-state index in [2.05, 4.69) is 53.2 Å². The van der Waals surface area contributed by atoms with E-state index in [4.69, 9.17) is 5.73 Å². The van der Waals surface area contributed by atoms with Gasteiger partial charge in [0.25, 0.3) is 0 Å². The third-order valence-corrected chi connectivity index (χ3v) is 7.42.